The Bertz CT molecular complexity index is 596. The van der Waals surface area contributed by atoms with Crippen molar-refractivity contribution >= 4 is 23.2 Å². The highest BCUT2D eigenvalue weighted by atomic mass is 35.5. The maximum Gasteiger partial charge on any atom is 0.252 e. The Morgan fingerprint density at radius 3 is 3.00 bits per heavy atom. The van der Waals surface area contributed by atoms with E-state index in [4.69, 9.17) is 17.3 Å². The summed E-state index contributed by atoms with van der Waals surface area (Å²) in [6.45, 7) is 0.455. The molecule has 7 heteroatoms. The van der Waals surface area contributed by atoms with Crippen molar-refractivity contribution < 1.29 is 4.79 Å². The van der Waals surface area contributed by atoms with E-state index < -0.39 is 0 Å². The van der Waals surface area contributed by atoms with Crippen molar-refractivity contribution in [3.05, 3.63) is 40.9 Å². The zero-order valence-electron chi connectivity index (χ0n) is 10.4. The number of aryl methyl sites for hydroxylation is 1. The van der Waals surface area contributed by atoms with Gasteiger partial charge in [0.1, 0.15) is 12.2 Å². The van der Waals surface area contributed by atoms with Crippen LogP contribution in [-0.4, -0.2) is 27.2 Å². The van der Waals surface area contributed by atoms with Crippen LogP contribution in [0.3, 0.4) is 0 Å². The summed E-state index contributed by atoms with van der Waals surface area (Å²) < 4.78 is 1.81. The van der Waals surface area contributed by atoms with E-state index in [1.807, 2.05) is 7.05 Å². The number of hydrogen-bond acceptors (Lipinski definition) is 4. The quantitative estimate of drug-likeness (QED) is 0.818. The van der Waals surface area contributed by atoms with Crippen LogP contribution in [0.2, 0.25) is 5.02 Å². The molecule has 2 rings (SSSR count). The fourth-order valence-corrected chi connectivity index (χ4v) is 1.84. The monoisotopic (exact) mass is 279 g/mol. The second kappa shape index (κ2) is 5.71. The number of aromatic nitrogens is 3. The fourth-order valence-electron chi connectivity index (χ4n) is 1.63. The first-order valence-corrected chi connectivity index (χ1v) is 6.12. The minimum Gasteiger partial charge on any atom is -0.399 e. The molecule has 2 aromatic rings. The van der Waals surface area contributed by atoms with Gasteiger partial charge in [-0.3, -0.25) is 4.79 Å². The normalized spacial score (nSPS) is 10.4. The maximum absolute atomic E-state index is 11.9. The number of nitrogens with zero attached hydrogens (tertiary/aromatic N) is 3. The highest BCUT2D eigenvalue weighted by Gasteiger charge is 2.10. The largest absolute Gasteiger partial charge is 0.399 e. The number of carbonyl (C=O) groups is 1. The second-order valence-corrected chi connectivity index (χ2v) is 4.51. The van der Waals surface area contributed by atoms with E-state index in [0.29, 0.717) is 29.2 Å². The number of hydrogen-bond donors (Lipinski definition) is 2. The lowest BCUT2D eigenvalue weighted by Gasteiger charge is -2.07. The summed E-state index contributed by atoms with van der Waals surface area (Å²) in [5.74, 6) is 0.554. The standard InChI is InChI=1S/C12H14ClN5O/c1-18-7-16-17-11(18)4-5-15-12(19)9-6-8(14)2-3-10(9)13/h2-3,6-7H,4-5,14H2,1H3,(H,15,19). The molecular weight excluding hydrogens is 266 g/mol. The molecule has 0 saturated carbocycles. The van der Waals surface area contributed by atoms with Crippen molar-refractivity contribution in [2.24, 2.45) is 7.05 Å². The Morgan fingerprint density at radius 2 is 2.32 bits per heavy atom. The van der Waals surface area contributed by atoms with Crippen molar-refractivity contribution in [1.82, 2.24) is 20.1 Å². The van der Waals surface area contributed by atoms with Crippen LogP contribution in [0.4, 0.5) is 5.69 Å². The lowest BCUT2D eigenvalue weighted by atomic mass is 10.2. The molecule has 19 heavy (non-hydrogen) atoms. The molecule has 100 valence electrons. The van der Waals surface area contributed by atoms with Crippen LogP contribution in [0.15, 0.2) is 24.5 Å². The van der Waals surface area contributed by atoms with Crippen LogP contribution in [0.25, 0.3) is 0 Å². The van der Waals surface area contributed by atoms with Crippen molar-refractivity contribution in [3.63, 3.8) is 0 Å². The predicted molar refractivity (Wildman–Crippen MR) is 72.9 cm³/mol. The van der Waals surface area contributed by atoms with E-state index in [0.717, 1.165) is 5.82 Å². The van der Waals surface area contributed by atoms with Gasteiger partial charge in [-0.2, -0.15) is 0 Å². The summed E-state index contributed by atoms with van der Waals surface area (Å²) in [6, 6.07) is 4.81. The SMILES string of the molecule is Cn1cnnc1CCNC(=O)c1cc(N)ccc1Cl. The van der Waals surface area contributed by atoms with E-state index in [1.54, 1.807) is 29.1 Å². The van der Waals surface area contributed by atoms with Gasteiger partial charge in [0, 0.05) is 25.7 Å². The van der Waals surface area contributed by atoms with Crippen LogP contribution >= 0.6 is 11.6 Å². The van der Waals surface area contributed by atoms with Crippen LogP contribution in [0.1, 0.15) is 16.2 Å². The Morgan fingerprint density at radius 1 is 1.53 bits per heavy atom. The summed E-state index contributed by atoms with van der Waals surface area (Å²) >= 11 is 5.95. The Kier molecular flexibility index (Phi) is 4.01. The molecule has 1 heterocycles. The number of rotatable bonds is 4. The molecule has 0 saturated heterocycles. The average molecular weight is 280 g/mol. The van der Waals surface area contributed by atoms with Crippen LogP contribution in [0.5, 0.6) is 0 Å². The van der Waals surface area contributed by atoms with Gasteiger partial charge in [-0.15, -0.1) is 10.2 Å². The number of nitrogen functional groups attached to an aromatic ring is 1. The molecule has 1 aromatic heterocycles. The molecule has 0 spiro atoms. The highest BCUT2D eigenvalue weighted by Crippen LogP contribution is 2.18. The molecule has 0 radical (unpaired) electrons. The molecule has 0 fully saturated rings. The van der Waals surface area contributed by atoms with Crippen molar-refractivity contribution in [3.8, 4) is 0 Å². The van der Waals surface area contributed by atoms with Gasteiger partial charge in [0.15, 0.2) is 0 Å². The van der Waals surface area contributed by atoms with Gasteiger partial charge in [0.2, 0.25) is 0 Å². The zero-order chi connectivity index (χ0) is 13.8. The minimum atomic E-state index is -0.250. The molecule has 6 nitrogen and oxygen atoms in total. The third-order valence-corrected chi connectivity index (χ3v) is 3.00. The van der Waals surface area contributed by atoms with Gasteiger partial charge in [0.05, 0.1) is 10.6 Å². The third-order valence-electron chi connectivity index (χ3n) is 2.67. The number of amides is 1. The van der Waals surface area contributed by atoms with Gasteiger partial charge >= 0.3 is 0 Å². The van der Waals surface area contributed by atoms with E-state index in [1.165, 1.54) is 0 Å². The number of benzene rings is 1. The predicted octanol–water partition coefficient (Wildman–Crippen LogP) is 1.02. The first-order chi connectivity index (χ1) is 9.08. The van der Waals surface area contributed by atoms with Gasteiger partial charge < -0.3 is 15.6 Å². The molecule has 1 aromatic carbocycles. The van der Waals surface area contributed by atoms with E-state index in [9.17, 15) is 4.79 Å². The lowest BCUT2D eigenvalue weighted by Crippen LogP contribution is -2.26. The van der Waals surface area contributed by atoms with Gasteiger partial charge in [-0.1, -0.05) is 11.6 Å². The third kappa shape index (κ3) is 3.23. The molecule has 0 aliphatic heterocycles. The molecule has 0 aliphatic rings. The second-order valence-electron chi connectivity index (χ2n) is 4.10. The van der Waals surface area contributed by atoms with Crippen LogP contribution in [0, 0.1) is 0 Å². The Balaban J connectivity index is 1.94. The van der Waals surface area contributed by atoms with E-state index >= 15 is 0 Å². The molecule has 0 aliphatic carbocycles. The maximum atomic E-state index is 11.9. The van der Waals surface area contributed by atoms with Gasteiger partial charge in [0.25, 0.3) is 5.91 Å². The van der Waals surface area contributed by atoms with Gasteiger partial charge in [-0.05, 0) is 18.2 Å². The summed E-state index contributed by atoms with van der Waals surface area (Å²) in [5, 5.41) is 10.9. The van der Waals surface area contributed by atoms with Gasteiger partial charge in [-0.25, -0.2) is 0 Å². The van der Waals surface area contributed by atoms with E-state index in [-0.39, 0.29) is 5.91 Å². The number of anilines is 1. The summed E-state index contributed by atoms with van der Waals surface area (Å²) in [5.41, 5.74) is 6.51. The fraction of sp³-hybridized carbons (Fsp3) is 0.250. The van der Waals surface area contributed by atoms with Crippen molar-refractivity contribution in [2.75, 3.05) is 12.3 Å². The molecule has 0 bridgehead atoms. The molecule has 3 N–H and O–H groups in total. The highest BCUT2D eigenvalue weighted by molar-refractivity contribution is 6.34. The number of nitrogens with one attached hydrogen (secondary N) is 1. The van der Waals surface area contributed by atoms with E-state index in [2.05, 4.69) is 15.5 Å². The summed E-state index contributed by atoms with van der Waals surface area (Å²) in [6.07, 6.45) is 2.22. The number of nitrogens with two attached hydrogens (primary N) is 1. The number of carbonyl (C=O) groups excluding carboxylic acids is 1. The Labute approximate surface area is 115 Å². The lowest BCUT2D eigenvalue weighted by molar-refractivity contribution is 0.0954. The number of halogens is 1. The molecule has 0 unspecified atom stereocenters. The van der Waals surface area contributed by atoms with Crippen molar-refractivity contribution in [2.45, 2.75) is 6.42 Å². The first-order valence-electron chi connectivity index (χ1n) is 5.74. The topological polar surface area (TPSA) is 85.8 Å². The smallest absolute Gasteiger partial charge is 0.252 e. The van der Waals surface area contributed by atoms with Crippen LogP contribution < -0.4 is 11.1 Å². The average Bonchev–Trinajstić information content (AvgIpc) is 2.78. The van der Waals surface area contributed by atoms with Crippen molar-refractivity contribution in [1.29, 1.82) is 0 Å². The van der Waals surface area contributed by atoms with Crippen LogP contribution in [-0.2, 0) is 13.5 Å². The molecular formula is C12H14ClN5O. The minimum absolute atomic E-state index is 0.250. The summed E-state index contributed by atoms with van der Waals surface area (Å²) in [7, 11) is 1.85. The zero-order valence-corrected chi connectivity index (χ0v) is 11.2. The summed E-state index contributed by atoms with van der Waals surface area (Å²) in [4.78, 5) is 11.9. The molecule has 1 amide bonds. The molecule has 0 atom stereocenters. The Hall–Kier alpha value is -2.08. The first kappa shape index (κ1) is 13.4.